The molecule has 1 aromatic rings. The first-order valence-corrected chi connectivity index (χ1v) is 11.0. The lowest BCUT2D eigenvalue weighted by Crippen LogP contribution is -2.44. The number of aryl methyl sites for hydroxylation is 2. The van der Waals surface area contributed by atoms with E-state index in [9.17, 15) is 14.4 Å². The van der Waals surface area contributed by atoms with E-state index in [0.29, 0.717) is 12.8 Å². The van der Waals surface area contributed by atoms with Crippen LogP contribution in [-0.2, 0) is 30.3 Å². The molecule has 0 aromatic heterocycles. The van der Waals surface area contributed by atoms with E-state index < -0.39 is 30.1 Å². The van der Waals surface area contributed by atoms with E-state index in [1.54, 1.807) is 18.7 Å². The summed E-state index contributed by atoms with van der Waals surface area (Å²) < 4.78 is 9.98. The molecule has 28 heavy (non-hydrogen) atoms. The molecule has 1 N–H and O–H groups in total. The van der Waals surface area contributed by atoms with Gasteiger partial charge in [0.1, 0.15) is 0 Å². The first-order valence-electron chi connectivity index (χ1n) is 9.66. The van der Waals surface area contributed by atoms with Gasteiger partial charge in [0, 0.05) is 6.42 Å². The van der Waals surface area contributed by atoms with E-state index in [2.05, 4.69) is 29.6 Å². The molecule has 1 aliphatic heterocycles. The van der Waals surface area contributed by atoms with Gasteiger partial charge in [0.2, 0.25) is 0 Å². The predicted molar refractivity (Wildman–Crippen MR) is 109 cm³/mol. The molecule has 0 bridgehead atoms. The zero-order chi connectivity index (χ0) is 20.5. The van der Waals surface area contributed by atoms with E-state index in [0.717, 1.165) is 18.6 Å². The molecule has 0 unspecified atom stereocenters. The zero-order valence-corrected chi connectivity index (χ0v) is 17.6. The highest BCUT2D eigenvalue weighted by Gasteiger charge is 2.52. The van der Waals surface area contributed by atoms with Gasteiger partial charge >= 0.3 is 5.97 Å². The second-order valence-electron chi connectivity index (χ2n) is 6.88. The van der Waals surface area contributed by atoms with Crippen molar-refractivity contribution in [2.24, 2.45) is 0 Å². The summed E-state index contributed by atoms with van der Waals surface area (Å²) in [6.07, 6.45) is 2.79. The van der Waals surface area contributed by atoms with Gasteiger partial charge in [-0.1, -0.05) is 29.8 Å². The van der Waals surface area contributed by atoms with Gasteiger partial charge in [-0.05, 0) is 50.7 Å². The summed E-state index contributed by atoms with van der Waals surface area (Å²) in [4.78, 5) is 36.6. The van der Waals surface area contributed by atoms with Crippen LogP contribution in [0.25, 0.3) is 0 Å². The molecule has 154 valence electrons. The first-order chi connectivity index (χ1) is 13.5. The smallest absolute Gasteiger partial charge is 0.338 e. The van der Waals surface area contributed by atoms with Crippen LogP contribution >= 0.6 is 11.8 Å². The number of rotatable bonds is 12. The van der Waals surface area contributed by atoms with Crippen LogP contribution in [0.4, 0.5) is 0 Å². The minimum atomic E-state index is -0.851. The van der Waals surface area contributed by atoms with Gasteiger partial charge in [-0.15, -0.1) is 0 Å². The topological polar surface area (TPSA) is 85.0 Å². The number of carbonyl (C=O) groups excluding carboxylic acids is 3. The molecule has 0 radical (unpaired) electrons. The molecule has 3 atom stereocenters. The van der Waals surface area contributed by atoms with E-state index in [1.807, 2.05) is 13.2 Å². The van der Waals surface area contributed by atoms with Crippen molar-refractivity contribution in [3.63, 3.8) is 0 Å². The lowest BCUT2D eigenvalue weighted by molar-refractivity contribution is -0.144. The Labute approximate surface area is 170 Å². The summed E-state index contributed by atoms with van der Waals surface area (Å²) in [5.74, 6) is -0.173. The average Bonchev–Trinajstić information content (AvgIpc) is 3.47. The Morgan fingerprint density at radius 2 is 1.93 bits per heavy atom. The van der Waals surface area contributed by atoms with Crippen molar-refractivity contribution >= 4 is 29.4 Å². The molecule has 7 heteroatoms. The maximum atomic E-state index is 12.6. The van der Waals surface area contributed by atoms with Gasteiger partial charge in [0.25, 0.3) is 5.91 Å². The Balaban J connectivity index is 1.82. The normalized spacial score (nSPS) is 19.0. The largest absolute Gasteiger partial charge is 0.464 e. The highest BCUT2D eigenvalue weighted by Crippen LogP contribution is 2.24. The molecule has 6 nitrogen and oxygen atoms in total. The Morgan fingerprint density at radius 3 is 2.57 bits per heavy atom. The van der Waals surface area contributed by atoms with Crippen molar-refractivity contribution in [2.45, 2.75) is 57.8 Å². The van der Waals surface area contributed by atoms with Crippen LogP contribution in [0.15, 0.2) is 24.3 Å². The highest BCUT2D eigenvalue weighted by molar-refractivity contribution is 7.98. The molecule has 0 aliphatic carbocycles. The van der Waals surface area contributed by atoms with Crippen molar-refractivity contribution in [3.05, 3.63) is 35.4 Å². The number of ketones is 1. The van der Waals surface area contributed by atoms with Gasteiger partial charge in [-0.25, -0.2) is 4.79 Å². The van der Waals surface area contributed by atoms with Gasteiger partial charge in [-0.3, -0.25) is 9.59 Å². The first kappa shape index (κ1) is 22.4. The molecule has 1 heterocycles. The monoisotopic (exact) mass is 407 g/mol. The summed E-state index contributed by atoms with van der Waals surface area (Å²) in [5.41, 5.74) is 2.41. The Morgan fingerprint density at radius 1 is 1.21 bits per heavy atom. The molecular formula is C21H29NO5S. The van der Waals surface area contributed by atoms with Gasteiger partial charge in [0.15, 0.2) is 18.0 Å². The quantitative estimate of drug-likeness (QED) is 0.423. The van der Waals surface area contributed by atoms with Crippen molar-refractivity contribution < 1.29 is 23.9 Å². The number of carbonyl (C=O) groups is 3. The van der Waals surface area contributed by atoms with Gasteiger partial charge in [0.05, 0.1) is 12.6 Å². The average molecular weight is 408 g/mol. The number of ether oxygens (including phenoxy) is 2. The number of hydrogen-bond acceptors (Lipinski definition) is 6. The third kappa shape index (κ3) is 6.95. The van der Waals surface area contributed by atoms with Crippen LogP contribution in [0.3, 0.4) is 0 Å². The number of nitrogens with one attached hydrogen (secondary N) is 1. The molecule has 1 amide bonds. The summed E-state index contributed by atoms with van der Waals surface area (Å²) in [6, 6.07) is 7.73. The van der Waals surface area contributed by atoms with Crippen LogP contribution in [-0.4, -0.2) is 54.5 Å². The van der Waals surface area contributed by atoms with Crippen molar-refractivity contribution in [2.75, 3.05) is 18.6 Å². The molecule has 1 fully saturated rings. The maximum Gasteiger partial charge on any atom is 0.338 e. The van der Waals surface area contributed by atoms with E-state index in [4.69, 9.17) is 9.47 Å². The third-order valence-electron chi connectivity index (χ3n) is 4.59. The Bertz CT molecular complexity index is 676. The standard InChI is InChI=1S/C21H29NO5S/c1-4-26-21(25)19-18(27-19)20(24)22-16(12-13-28-3)17(23)7-5-6-15-10-8-14(2)9-11-15/h8-11,16,18-19H,4-7,12-13H2,1-3H3,(H,22,24)/t16-,18-,19-/m0/s1. The fourth-order valence-electron chi connectivity index (χ4n) is 2.91. The Kier molecular flexibility index (Phi) is 8.99. The number of Topliss-reactive ketones (excluding diaryl/α,β-unsaturated/α-hetero) is 1. The third-order valence-corrected chi connectivity index (χ3v) is 5.24. The molecule has 1 aromatic carbocycles. The fourth-order valence-corrected chi connectivity index (χ4v) is 3.39. The number of hydrogen-bond donors (Lipinski definition) is 1. The molecule has 2 rings (SSSR count). The summed E-state index contributed by atoms with van der Waals surface area (Å²) in [7, 11) is 0. The van der Waals surface area contributed by atoms with Crippen LogP contribution in [0, 0.1) is 6.92 Å². The van der Waals surface area contributed by atoms with E-state index in [-0.39, 0.29) is 12.4 Å². The summed E-state index contributed by atoms with van der Waals surface area (Å²) in [5, 5.41) is 2.76. The van der Waals surface area contributed by atoms with Gasteiger partial charge < -0.3 is 14.8 Å². The minimum Gasteiger partial charge on any atom is -0.464 e. The summed E-state index contributed by atoms with van der Waals surface area (Å²) >= 11 is 1.62. The highest BCUT2D eigenvalue weighted by atomic mass is 32.2. The van der Waals surface area contributed by atoms with Crippen molar-refractivity contribution in [1.82, 2.24) is 5.32 Å². The number of benzene rings is 1. The van der Waals surface area contributed by atoms with Crippen LogP contribution in [0.1, 0.15) is 37.3 Å². The maximum absolute atomic E-state index is 12.6. The number of thioether (sulfide) groups is 1. The Hall–Kier alpha value is -1.86. The van der Waals surface area contributed by atoms with E-state index in [1.165, 1.54) is 11.1 Å². The minimum absolute atomic E-state index is 0.0165. The van der Waals surface area contributed by atoms with Crippen molar-refractivity contribution in [1.29, 1.82) is 0 Å². The van der Waals surface area contributed by atoms with Crippen molar-refractivity contribution in [3.8, 4) is 0 Å². The molecule has 1 aliphatic rings. The fraction of sp³-hybridized carbons (Fsp3) is 0.571. The lowest BCUT2D eigenvalue weighted by Gasteiger charge is -2.17. The lowest BCUT2D eigenvalue weighted by atomic mass is 10.0. The SMILES string of the molecule is CCOC(=O)[C@H]1O[C@@H]1C(=O)N[C@@H](CCSC)C(=O)CCCc1ccc(C)cc1. The molecule has 1 saturated heterocycles. The van der Waals surface area contributed by atoms with Gasteiger partial charge in [-0.2, -0.15) is 11.8 Å². The number of amides is 1. The zero-order valence-electron chi connectivity index (χ0n) is 16.7. The predicted octanol–water partition coefficient (Wildman–Crippen LogP) is 2.46. The number of esters is 1. The summed E-state index contributed by atoms with van der Waals surface area (Å²) in [6.45, 7) is 3.98. The number of epoxide rings is 1. The second-order valence-corrected chi connectivity index (χ2v) is 7.86. The second kappa shape index (κ2) is 11.2. The molecule has 0 spiro atoms. The van der Waals surface area contributed by atoms with Crippen LogP contribution in [0.2, 0.25) is 0 Å². The van der Waals surface area contributed by atoms with Crippen LogP contribution in [0.5, 0.6) is 0 Å². The molecular weight excluding hydrogens is 378 g/mol. The van der Waals surface area contributed by atoms with Crippen LogP contribution < -0.4 is 5.32 Å². The molecule has 0 saturated carbocycles. The van der Waals surface area contributed by atoms with E-state index >= 15 is 0 Å².